The maximum absolute atomic E-state index is 11.4. The van der Waals surface area contributed by atoms with E-state index in [0.29, 0.717) is 6.54 Å². The SMILES string of the molecule is CC(=O)OC/C=C\CNC(=O)C#Cc1ccccc1. The van der Waals surface area contributed by atoms with Crippen molar-refractivity contribution in [1.29, 1.82) is 0 Å². The van der Waals surface area contributed by atoms with E-state index in [-0.39, 0.29) is 18.5 Å². The quantitative estimate of drug-likeness (QED) is 0.502. The molecule has 0 spiro atoms. The van der Waals surface area contributed by atoms with Crippen molar-refractivity contribution in [2.24, 2.45) is 0 Å². The summed E-state index contributed by atoms with van der Waals surface area (Å²) >= 11 is 0. The third kappa shape index (κ3) is 7.40. The second-order valence-electron chi connectivity index (χ2n) is 3.60. The number of ether oxygens (including phenoxy) is 1. The molecule has 0 unspecified atom stereocenters. The molecule has 0 saturated carbocycles. The largest absolute Gasteiger partial charge is 0.462 e. The van der Waals surface area contributed by atoms with E-state index >= 15 is 0 Å². The van der Waals surface area contributed by atoms with E-state index in [1.165, 1.54) is 6.92 Å². The van der Waals surface area contributed by atoms with Crippen LogP contribution in [0.4, 0.5) is 0 Å². The molecule has 19 heavy (non-hydrogen) atoms. The molecule has 0 aliphatic carbocycles. The Labute approximate surface area is 112 Å². The van der Waals surface area contributed by atoms with Crippen molar-refractivity contribution in [2.75, 3.05) is 13.2 Å². The first-order valence-corrected chi connectivity index (χ1v) is 5.82. The summed E-state index contributed by atoms with van der Waals surface area (Å²) in [6, 6.07) is 9.27. The second-order valence-corrected chi connectivity index (χ2v) is 3.60. The zero-order valence-electron chi connectivity index (χ0n) is 10.7. The van der Waals surface area contributed by atoms with Crippen LogP contribution in [-0.4, -0.2) is 25.0 Å². The Balaban J connectivity index is 2.25. The fourth-order valence-corrected chi connectivity index (χ4v) is 1.16. The van der Waals surface area contributed by atoms with Crippen LogP contribution in [0.2, 0.25) is 0 Å². The first-order valence-electron chi connectivity index (χ1n) is 5.82. The normalized spacial score (nSPS) is 9.53. The van der Waals surface area contributed by atoms with Crippen molar-refractivity contribution < 1.29 is 14.3 Å². The number of hydrogen-bond donors (Lipinski definition) is 1. The molecule has 0 aliphatic rings. The summed E-state index contributed by atoms with van der Waals surface area (Å²) in [7, 11) is 0. The molecule has 0 fully saturated rings. The second kappa shape index (κ2) is 8.54. The summed E-state index contributed by atoms with van der Waals surface area (Å²) in [5, 5.41) is 2.60. The summed E-state index contributed by atoms with van der Waals surface area (Å²) < 4.78 is 4.69. The average Bonchev–Trinajstić information content (AvgIpc) is 2.41. The molecular formula is C15H15NO3. The van der Waals surface area contributed by atoms with Crippen LogP contribution in [-0.2, 0) is 14.3 Å². The fraction of sp³-hybridized carbons (Fsp3) is 0.200. The van der Waals surface area contributed by atoms with Gasteiger partial charge in [-0.25, -0.2) is 0 Å². The van der Waals surface area contributed by atoms with Crippen molar-refractivity contribution in [1.82, 2.24) is 5.32 Å². The summed E-state index contributed by atoms with van der Waals surface area (Å²) in [5.41, 5.74) is 0.794. The number of carbonyl (C=O) groups excluding carboxylic acids is 2. The number of benzene rings is 1. The van der Waals surface area contributed by atoms with Gasteiger partial charge in [-0.3, -0.25) is 9.59 Å². The maximum Gasteiger partial charge on any atom is 0.302 e. The monoisotopic (exact) mass is 257 g/mol. The molecule has 1 rings (SSSR count). The van der Waals surface area contributed by atoms with Gasteiger partial charge in [0.15, 0.2) is 0 Å². The predicted octanol–water partition coefficient (Wildman–Crippen LogP) is 1.27. The van der Waals surface area contributed by atoms with Crippen LogP contribution in [0.5, 0.6) is 0 Å². The van der Waals surface area contributed by atoms with Gasteiger partial charge >= 0.3 is 5.97 Å². The smallest absolute Gasteiger partial charge is 0.302 e. The average molecular weight is 257 g/mol. The summed E-state index contributed by atoms with van der Waals surface area (Å²) in [6.45, 7) is 1.90. The molecular weight excluding hydrogens is 242 g/mol. The zero-order chi connectivity index (χ0) is 13.9. The first kappa shape index (κ1) is 14.5. The third-order valence-electron chi connectivity index (χ3n) is 2.02. The molecule has 0 bridgehead atoms. The Morgan fingerprint density at radius 3 is 2.68 bits per heavy atom. The van der Waals surface area contributed by atoms with Crippen molar-refractivity contribution in [3.8, 4) is 11.8 Å². The fourth-order valence-electron chi connectivity index (χ4n) is 1.16. The van der Waals surface area contributed by atoms with E-state index in [4.69, 9.17) is 0 Å². The van der Waals surface area contributed by atoms with Crippen LogP contribution >= 0.6 is 0 Å². The molecule has 4 nitrogen and oxygen atoms in total. The highest BCUT2D eigenvalue weighted by Gasteiger charge is 1.92. The minimum atomic E-state index is -0.346. The Bertz CT molecular complexity index is 509. The standard InChI is InChI=1S/C15H15NO3/c1-13(17)19-12-6-5-11-16-15(18)10-9-14-7-3-2-4-8-14/h2-8H,11-12H2,1H3,(H,16,18)/b6-5-. The molecule has 0 radical (unpaired) electrons. The van der Waals surface area contributed by atoms with Crippen LogP contribution in [0.1, 0.15) is 12.5 Å². The van der Waals surface area contributed by atoms with E-state index < -0.39 is 0 Å². The molecule has 1 aromatic rings. The first-order chi connectivity index (χ1) is 9.18. The lowest BCUT2D eigenvalue weighted by Crippen LogP contribution is -2.21. The van der Waals surface area contributed by atoms with Gasteiger partial charge in [0, 0.05) is 25.0 Å². The van der Waals surface area contributed by atoms with Gasteiger partial charge in [0.05, 0.1) is 0 Å². The highest BCUT2D eigenvalue weighted by atomic mass is 16.5. The Hall–Kier alpha value is -2.54. The summed E-state index contributed by atoms with van der Waals surface area (Å²) in [4.78, 5) is 21.8. The van der Waals surface area contributed by atoms with Gasteiger partial charge in [0.25, 0.3) is 5.91 Å². The minimum Gasteiger partial charge on any atom is -0.462 e. The van der Waals surface area contributed by atoms with Crippen molar-refractivity contribution in [3.63, 3.8) is 0 Å². The number of amides is 1. The molecule has 4 heteroatoms. The van der Waals surface area contributed by atoms with E-state index in [1.807, 2.05) is 30.3 Å². The van der Waals surface area contributed by atoms with Gasteiger partial charge in [-0.2, -0.15) is 0 Å². The van der Waals surface area contributed by atoms with Gasteiger partial charge in [0.1, 0.15) is 6.61 Å². The van der Waals surface area contributed by atoms with Gasteiger partial charge in [-0.15, -0.1) is 0 Å². The van der Waals surface area contributed by atoms with Crippen LogP contribution in [0, 0.1) is 11.8 Å². The zero-order valence-corrected chi connectivity index (χ0v) is 10.7. The van der Waals surface area contributed by atoms with Crippen molar-refractivity contribution in [2.45, 2.75) is 6.92 Å². The lowest BCUT2D eigenvalue weighted by Gasteiger charge is -1.96. The lowest BCUT2D eigenvalue weighted by atomic mass is 10.2. The number of hydrogen-bond acceptors (Lipinski definition) is 3. The van der Waals surface area contributed by atoms with Crippen molar-refractivity contribution in [3.05, 3.63) is 48.0 Å². The Kier molecular flexibility index (Phi) is 6.52. The summed E-state index contributed by atoms with van der Waals surface area (Å²) in [5.74, 6) is 4.57. The molecule has 0 atom stereocenters. The molecule has 0 heterocycles. The molecule has 1 N–H and O–H groups in total. The lowest BCUT2D eigenvalue weighted by molar-refractivity contribution is -0.139. The number of rotatable bonds is 4. The Morgan fingerprint density at radius 1 is 1.26 bits per heavy atom. The molecule has 1 aromatic carbocycles. The molecule has 0 aliphatic heterocycles. The Morgan fingerprint density at radius 2 is 2.00 bits per heavy atom. The molecule has 1 amide bonds. The maximum atomic E-state index is 11.4. The van der Waals surface area contributed by atoms with Crippen molar-refractivity contribution >= 4 is 11.9 Å². The van der Waals surface area contributed by atoms with E-state index in [2.05, 4.69) is 21.9 Å². The van der Waals surface area contributed by atoms with Gasteiger partial charge in [-0.1, -0.05) is 30.2 Å². The topological polar surface area (TPSA) is 55.4 Å². The molecule has 98 valence electrons. The van der Waals surface area contributed by atoms with Gasteiger partial charge in [0.2, 0.25) is 0 Å². The number of carbonyl (C=O) groups is 2. The highest BCUT2D eigenvalue weighted by Crippen LogP contribution is 1.94. The van der Waals surface area contributed by atoms with Crippen LogP contribution < -0.4 is 5.32 Å². The van der Waals surface area contributed by atoms with Gasteiger partial charge < -0.3 is 10.1 Å². The number of esters is 1. The highest BCUT2D eigenvalue weighted by molar-refractivity contribution is 5.94. The van der Waals surface area contributed by atoms with Crippen LogP contribution in [0.25, 0.3) is 0 Å². The van der Waals surface area contributed by atoms with E-state index in [9.17, 15) is 9.59 Å². The third-order valence-corrected chi connectivity index (χ3v) is 2.02. The van der Waals surface area contributed by atoms with E-state index in [0.717, 1.165) is 5.56 Å². The van der Waals surface area contributed by atoms with Crippen LogP contribution in [0.3, 0.4) is 0 Å². The predicted molar refractivity (Wildman–Crippen MR) is 72.1 cm³/mol. The summed E-state index contributed by atoms with van der Waals surface area (Å²) in [6.07, 6.45) is 3.36. The number of nitrogens with one attached hydrogen (secondary N) is 1. The van der Waals surface area contributed by atoms with Crippen LogP contribution in [0.15, 0.2) is 42.5 Å². The minimum absolute atomic E-state index is 0.209. The molecule has 0 saturated heterocycles. The van der Waals surface area contributed by atoms with Gasteiger partial charge in [-0.05, 0) is 18.2 Å². The molecule has 0 aromatic heterocycles. The van der Waals surface area contributed by atoms with E-state index in [1.54, 1.807) is 12.2 Å².